The van der Waals surface area contributed by atoms with Gasteiger partial charge < -0.3 is 30.8 Å². The fourth-order valence-corrected chi connectivity index (χ4v) is 2.84. The van der Waals surface area contributed by atoms with Crippen LogP contribution in [0.15, 0.2) is 30.5 Å². The molecule has 9 nitrogen and oxygen atoms in total. The first-order valence-electron chi connectivity index (χ1n) is 8.59. The number of aliphatic carboxylic acids is 1. The minimum Gasteiger partial charge on any atom is -0.495 e. The maximum Gasteiger partial charge on any atom is 0.326 e. The van der Waals surface area contributed by atoms with Gasteiger partial charge in [0, 0.05) is 31.1 Å². The molecule has 1 aromatic heterocycles. The summed E-state index contributed by atoms with van der Waals surface area (Å²) in [5, 5.41) is 15.1. The minimum atomic E-state index is -1.12. The molecule has 1 atom stereocenters. The number of ether oxygens (including phenoxy) is 1. The van der Waals surface area contributed by atoms with Gasteiger partial charge in [0.2, 0.25) is 5.91 Å². The van der Waals surface area contributed by atoms with Gasteiger partial charge in [0.25, 0.3) is 0 Å². The summed E-state index contributed by atoms with van der Waals surface area (Å²) in [7, 11) is 1.59. The molecule has 5 N–H and O–H groups in total. The summed E-state index contributed by atoms with van der Waals surface area (Å²) >= 11 is 0. The lowest BCUT2D eigenvalue weighted by atomic mass is 10.1. The molecule has 0 bridgehead atoms. The van der Waals surface area contributed by atoms with Crippen LogP contribution in [0, 0.1) is 0 Å². The lowest BCUT2D eigenvalue weighted by Gasteiger charge is -2.15. The molecule has 27 heavy (non-hydrogen) atoms. The highest BCUT2D eigenvalue weighted by Crippen LogP contribution is 2.26. The van der Waals surface area contributed by atoms with Crippen LogP contribution in [0.2, 0.25) is 0 Å². The van der Waals surface area contributed by atoms with Gasteiger partial charge in [-0.15, -0.1) is 0 Å². The van der Waals surface area contributed by atoms with Crippen molar-refractivity contribution in [2.45, 2.75) is 31.8 Å². The van der Waals surface area contributed by atoms with Gasteiger partial charge in [0.1, 0.15) is 11.8 Å². The van der Waals surface area contributed by atoms with E-state index in [9.17, 15) is 19.5 Å². The highest BCUT2D eigenvalue weighted by atomic mass is 16.5. The molecule has 0 radical (unpaired) electrons. The van der Waals surface area contributed by atoms with E-state index in [1.165, 1.54) is 0 Å². The summed E-state index contributed by atoms with van der Waals surface area (Å²) in [6, 6.07) is 5.95. The minimum absolute atomic E-state index is 0.130. The first-order valence-corrected chi connectivity index (χ1v) is 8.59. The van der Waals surface area contributed by atoms with E-state index in [0.717, 1.165) is 10.9 Å². The number of methoxy groups -OCH3 is 1. The predicted molar refractivity (Wildman–Crippen MR) is 99.5 cm³/mol. The number of hydrogen-bond donors (Lipinski definition) is 4. The monoisotopic (exact) mass is 376 g/mol. The van der Waals surface area contributed by atoms with E-state index in [4.69, 9.17) is 10.5 Å². The number of nitrogens with two attached hydrogens (primary N) is 1. The molecular weight excluding hydrogens is 352 g/mol. The molecule has 0 aliphatic carbocycles. The largest absolute Gasteiger partial charge is 0.495 e. The zero-order valence-corrected chi connectivity index (χ0v) is 15.1. The van der Waals surface area contributed by atoms with E-state index in [0.29, 0.717) is 18.7 Å². The molecule has 1 aromatic carbocycles. The van der Waals surface area contributed by atoms with Crippen molar-refractivity contribution in [3.8, 4) is 5.75 Å². The van der Waals surface area contributed by atoms with E-state index in [1.807, 2.05) is 35.0 Å². The number of carboxylic acid groups (broad SMARTS) is 1. The number of carbonyl (C=O) groups is 3. The van der Waals surface area contributed by atoms with Crippen LogP contribution in [0.3, 0.4) is 0 Å². The smallest absolute Gasteiger partial charge is 0.326 e. The molecule has 9 heteroatoms. The molecule has 1 heterocycles. The van der Waals surface area contributed by atoms with Crippen molar-refractivity contribution in [3.05, 3.63) is 30.5 Å². The number of fused-ring (bicyclic) bond motifs is 1. The number of benzene rings is 1. The number of carboxylic acids is 1. The van der Waals surface area contributed by atoms with Crippen LogP contribution in [-0.2, 0) is 16.1 Å². The first-order chi connectivity index (χ1) is 12.9. The van der Waals surface area contributed by atoms with Crippen LogP contribution in [0.4, 0.5) is 4.79 Å². The van der Waals surface area contributed by atoms with E-state index in [1.54, 1.807) is 7.11 Å². The van der Waals surface area contributed by atoms with Gasteiger partial charge in [-0.25, -0.2) is 9.59 Å². The van der Waals surface area contributed by atoms with Crippen LogP contribution >= 0.6 is 0 Å². The average Bonchev–Trinajstić information content (AvgIpc) is 3.05. The summed E-state index contributed by atoms with van der Waals surface area (Å²) in [6.07, 6.45) is 2.58. The summed E-state index contributed by atoms with van der Waals surface area (Å²) in [4.78, 5) is 34.1. The normalized spacial score (nSPS) is 11.7. The SMILES string of the molecule is COc1cccc2ccn(CCC(=O)N[C@@H](CCCNC(N)=O)C(=O)O)c12. The Morgan fingerprint density at radius 2 is 2.07 bits per heavy atom. The number of aromatic nitrogens is 1. The van der Waals surface area contributed by atoms with Crippen LogP contribution in [0.25, 0.3) is 10.9 Å². The van der Waals surface area contributed by atoms with E-state index >= 15 is 0 Å². The van der Waals surface area contributed by atoms with Gasteiger partial charge >= 0.3 is 12.0 Å². The zero-order chi connectivity index (χ0) is 19.8. The molecule has 146 valence electrons. The number of nitrogens with one attached hydrogen (secondary N) is 2. The van der Waals surface area contributed by atoms with Crippen molar-refractivity contribution in [3.63, 3.8) is 0 Å². The van der Waals surface area contributed by atoms with Crippen LogP contribution < -0.4 is 21.1 Å². The second-order valence-corrected chi connectivity index (χ2v) is 6.05. The number of carbonyl (C=O) groups excluding carboxylic acids is 2. The van der Waals surface area contributed by atoms with Gasteiger partial charge in [-0.2, -0.15) is 0 Å². The molecule has 0 saturated carbocycles. The van der Waals surface area contributed by atoms with Gasteiger partial charge in [-0.1, -0.05) is 12.1 Å². The number of urea groups is 1. The Bertz CT molecular complexity index is 817. The number of primary amides is 1. The highest BCUT2D eigenvalue weighted by molar-refractivity contribution is 5.86. The van der Waals surface area contributed by atoms with Crippen molar-refractivity contribution < 1.29 is 24.2 Å². The van der Waals surface area contributed by atoms with Crippen LogP contribution in [-0.4, -0.2) is 47.3 Å². The van der Waals surface area contributed by atoms with Crippen molar-refractivity contribution in [1.29, 1.82) is 0 Å². The third kappa shape index (κ3) is 5.63. The molecular formula is C18H24N4O5. The summed E-state index contributed by atoms with van der Waals surface area (Å²) in [6.45, 7) is 0.648. The molecule has 0 aliphatic heterocycles. The van der Waals surface area contributed by atoms with Gasteiger partial charge in [0.15, 0.2) is 0 Å². The number of hydrogen-bond acceptors (Lipinski definition) is 4. The molecule has 0 spiro atoms. The third-order valence-corrected chi connectivity index (χ3v) is 4.15. The summed E-state index contributed by atoms with van der Waals surface area (Å²) < 4.78 is 7.27. The predicted octanol–water partition coefficient (Wildman–Crippen LogP) is 1.06. The molecule has 0 unspecified atom stereocenters. The Hall–Kier alpha value is -3.23. The van der Waals surface area contributed by atoms with Crippen LogP contribution in [0.5, 0.6) is 5.75 Å². The number of nitrogens with zero attached hydrogens (tertiary/aromatic N) is 1. The van der Waals surface area contributed by atoms with Crippen LogP contribution in [0.1, 0.15) is 19.3 Å². The highest BCUT2D eigenvalue weighted by Gasteiger charge is 2.19. The third-order valence-electron chi connectivity index (χ3n) is 4.15. The maximum absolute atomic E-state index is 12.2. The molecule has 0 fully saturated rings. The number of rotatable bonds is 10. The second kappa shape index (κ2) is 9.46. The van der Waals surface area contributed by atoms with Crippen molar-refractivity contribution in [2.24, 2.45) is 5.73 Å². The molecule has 0 saturated heterocycles. The summed E-state index contributed by atoms with van der Waals surface area (Å²) in [5.41, 5.74) is 5.84. The first kappa shape index (κ1) is 20.1. The Morgan fingerprint density at radius 1 is 1.30 bits per heavy atom. The average molecular weight is 376 g/mol. The molecule has 3 amide bonds. The summed E-state index contributed by atoms with van der Waals surface area (Å²) in [5.74, 6) is -0.763. The van der Waals surface area contributed by atoms with Crippen molar-refractivity contribution >= 4 is 28.8 Å². The van der Waals surface area contributed by atoms with Gasteiger partial charge in [0.05, 0.1) is 12.6 Å². The van der Waals surface area contributed by atoms with E-state index in [2.05, 4.69) is 10.6 Å². The molecule has 2 aromatic rings. The quantitative estimate of drug-likeness (QED) is 0.460. The van der Waals surface area contributed by atoms with Gasteiger partial charge in [-0.3, -0.25) is 4.79 Å². The number of amides is 3. The standard InChI is InChI=1S/C18H24N4O5/c1-27-14-6-2-4-12-7-10-22(16(12)14)11-8-15(23)21-13(17(24)25)5-3-9-20-18(19)26/h2,4,6-7,10,13H,3,5,8-9,11H2,1H3,(H,21,23)(H,24,25)(H3,19,20,26)/t13-/m0/s1. The fraction of sp³-hybridized carbons (Fsp3) is 0.389. The number of aryl methyl sites for hydroxylation is 1. The Morgan fingerprint density at radius 3 is 2.74 bits per heavy atom. The molecule has 0 aliphatic rings. The number of para-hydroxylation sites is 1. The Labute approximate surface area is 156 Å². The van der Waals surface area contributed by atoms with Crippen molar-refractivity contribution in [2.75, 3.05) is 13.7 Å². The van der Waals surface area contributed by atoms with E-state index in [-0.39, 0.29) is 25.3 Å². The lowest BCUT2D eigenvalue weighted by molar-refractivity contribution is -0.142. The fourth-order valence-electron chi connectivity index (χ4n) is 2.84. The van der Waals surface area contributed by atoms with E-state index < -0.39 is 18.0 Å². The van der Waals surface area contributed by atoms with Crippen molar-refractivity contribution in [1.82, 2.24) is 15.2 Å². The Balaban J connectivity index is 1.90. The maximum atomic E-state index is 12.2. The Kier molecular flexibility index (Phi) is 7.04. The second-order valence-electron chi connectivity index (χ2n) is 6.05. The lowest BCUT2D eigenvalue weighted by Crippen LogP contribution is -2.41. The van der Waals surface area contributed by atoms with Gasteiger partial charge in [-0.05, 0) is 25.0 Å². The molecule has 2 rings (SSSR count). The topological polar surface area (TPSA) is 136 Å². The zero-order valence-electron chi connectivity index (χ0n) is 15.1.